The van der Waals surface area contributed by atoms with Gasteiger partial charge in [0, 0.05) is 0 Å². The summed E-state index contributed by atoms with van der Waals surface area (Å²) >= 11 is 0. The minimum atomic E-state index is -0.314. The van der Waals surface area contributed by atoms with Crippen LogP contribution < -0.4 is 0 Å². The highest BCUT2D eigenvalue weighted by Gasteiger charge is 2.32. The second kappa shape index (κ2) is 4.02. The molecule has 0 heterocycles. The molecule has 4 heteroatoms. The maximum atomic E-state index is 10.8. The van der Waals surface area contributed by atoms with Gasteiger partial charge in [-0.3, -0.25) is 4.79 Å². The summed E-state index contributed by atoms with van der Waals surface area (Å²) in [5, 5.41) is 0. The van der Waals surface area contributed by atoms with Crippen molar-refractivity contribution in [2.24, 2.45) is 10.9 Å². The number of nitrogens with zero attached hydrogens (tertiary/aromatic N) is 1. The summed E-state index contributed by atoms with van der Waals surface area (Å²) < 4.78 is 4.48. The van der Waals surface area contributed by atoms with Gasteiger partial charge in [-0.05, 0) is 18.8 Å². The average molecular weight is 169 g/mol. The van der Waals surface area contributed by atoms with Crippen LogP contribution in [0.4, 0.5) is 0 Å². The van der Waals surface area contributed by atoms with Crippen molar-refractivity contribution in [3.63, 3.8) is 0 Å². The second-order valence-electron chi connectivity index (χ2n) is 2.91. The molecule has 4 nitrogen and oxygen atoms in total. The predicted molar refractivity (Wildman–Crippen MR) is 41.3 cm³/mol. The van der Waals surface area contributed by atoms with Gasteiger partial charge in [0.25, 0.3) is 0 Å². The summed E-state index contributed by atoms with van der Waals surface area (Å²) in [5.74, 6) is 0.0800. The largest absolute Gasteiger partial charge is 0.469 e. The molecule has 1 rings (SSSR count). The zero-order valence-corrected chi connectivity index (χ0v) is 6.95. The van der Waals surface area contributed by atoms with Crippen LogP contribution in [0.5, 0.6) is 0 Å². The van der Waals surface area contributed by atoms with E-state index < -0.39 is 0 Å². The number of carbonyl (C=O) groups excluding carboxylic acids is 2. The number of ether oxygens (including phenoxy) is 1. The van der Waals surface area contributed by atoms with Crippen LogP contribution in [0.1, 0.15) is 19.3 Å². The number of aliphatic imine (C=N–C) groups is 1. The first kappa shape index (κ1) is 8.94. The van der Waals surface area contributed by atoms with Gasteiger partial charge in [-0.1, -0.05) is 0 Å². The van der Waals surface area contributed by atoms with Crippen molar-refractivity contribution in [2.45, 2.75) is 25.3 Å². The molecule has 1 saturated carbocycles. The molecule has 1 unspecified atom stereocenters. The van der Waals surface area contributed by atoms with Crippen LogP contribution in [0.3, 0.4) is 0 Å². The number of rotatable bonds is 4. The van der Waals surface area contributed by atoms with Crippen LogP contribution >= 0.6 is 0 Å². The van der Waals surface area contributed by atoms with Gasteiger partial charge < -0.3 is 4.74 Å². The molecule has 1 fully saturated rings. The molecule has 12 heavy (non-hydrogen) atoms. The fourth-order valence-electron chi connectivity index (χ4n) is 1.12. The maximum absolute atomic E-state index is 10.8. The molecule has 0 aromatic rings. The van der Waals surface area contributed by atoms with Crippen LogP contribution in [-0.4, -0.2) is 25.2 Å². The van der Waals surface area contributed by atoms with E-state index in [9.17, 15) is 9.59 Å². The molecule has 0 saturated heterocycles. The van der Waals surface area contributed by atoms with Crippen LogP contribution in [0.2, 0.25) is 0 Å². The topological polar surface area (TPSA) is 55.7 Å². The van der Waals surface area contributed by atoms with Gasteiger partial charge in [0.1, 0.15) is 0 Å². The molecule has 0 spiro atoms. The van der Waals surface area contributed by atoms with Crippen molar-refractivity contribution in [3.8, 4) is 0 Å². The van der Waals surface area contributed by atoms with Crippen molar-refractivity contribution in [1.29, 1.82) is 0 Å². The van der Waals surface area contributed by atoms with E-state index in [0.29, 0.717) is 5.92 Å². The number of isocyanates is 1. The first-order valence-corrected chi connectivity index (χ1v) is 3.91. The number of carbonyl (C=O) groups is 1. The van der Waals surface area contributed by atoms with Gasteiger partial charge in [0.05, 0.1) is 19.6 Å². The number of hydrogen-bond acceptors (Lipinski definition) is 4. The lowest BCUT2D eigenvalue weighted by Gasteiger charge is -2.05. The maximum Gasteiger partial charge on any atom is 0.307 e. The zero-order chi connectivity index (χ0) is 8.97. The normalized spacial score (nSPS) is 17.8. The Morgan fingerprint density at radius 3 is 2.83 bits per heavy atom. The fraction of sp³-hybridized carbons (Fsp3) is 0.750. The Morgan fingerprint density at radius 1 is 1.75 bits per heavy atom. The lowest BCUT2D eigenvalue weighted by Crippen LogP contribution is -2.14. The standard InChI is InChI=1S/C8H11NO3/c1-12-8(11)4-7(9-5-10)6-2-3-6/h6-7H,2-4H2,1H3. The van der Waals surface area contributed by atoms with Crippen LogP contribution in [0, 0.1) is 5.92 Å². The van der Waals surface area contributed by atoms with Crippen molar-refractivity contribution in [2.75, 3.05) is 7.11 Å². The lowest BCUT2D eigenvalue weighted by molar-refractivity contribution is -0.141. The molecule has 0 amide bonds. The van der Waals surface area contributed by atoms with Crippen LogP contribution in [-0.2, 0) is 14.3 Å². The van der Waals surface area contributed by atoms with Gasteiger partial charge in [-0.25, -0.2) is 9.79 Å². The fourth-order valence-corrected chi connectivity index (χ4v) is 1.12. The van der Waals surface area contributed by atoms with Crippen molar-refractivity contribution in [3.05, 3.63) is 0 Å². The van der Waals surface area contributed by atoms with Crippen molar-refractivity contribution in [1.82, 2.24) is 0 Å². The number of hydrogen-bond donors (Lipinski definition) is 0. The zero-order valence-electron chi connectivity index (χ0n) is 6.95. The molecule has 0 aromatic heterocycles. The van der Waals surface area contributed by atoms with E-state index in [1.54, 1.807) is 0 Å². The predicted octanol–water partition coefficient (Wildman–Crippen LogP) is 0.664. The van der Waals surface area contributed by atoms with Crippen molar-refractivity contribution < 1.29 is 14.3 Å². The molecule has 1 aliphatic carbocycles. The first-order chi connectivity index (χ1) is 5.77. The van der Waals surface area contributed by atoms with Gasteiger partial charge in [-0.15, -0.1) is 0 Å². The SMILES string of the molecule is COC(=O)CC(N=C=O)C1CC1. The Balaban J connectivity index is 2.42. The number of methoxy groups -OCH3 is 1. The van der Waals surface area contributed by atoms with E-state index >= 15 is 0 Å². The third-order valence-electron chi connectivity index (χ3n) is 1.99. The van der Waals surface area contributed by atoms with E-state index in [2.05, 4.69) is 9.73 Å². The molecule has 0 aromatic carbocycles. The molecule has 66 valence electrons. The molecule has 0 aliphatic heterocycles. The monoisotopic (exact) mass is 169 g/mol. The summed E-state index contributed by atoms with van der Waals surface area (Å²) in [6.07, 6.45) is 3.79. The molecule has 0 radical (unpaired) electrons. The van der Waals surface area contributed by atoms with E-state index in [0.717, 1.165) is 12.8 Å². The average Bonchev–Trinajstić information content (AvgIpc) is 2.86. The summed E-state index contributed by atoms with van der Waals surface area (Å²) in [4.78, 5) is 24.4. The molecule has 1 aliphatic rings. The molecular formula is C8H11NO3. The lowest BCUT2D eigenvalue weighted by atomic mass is 10.1. The van der Waals surface area contributed by atoms with E-state index in [1.165, 1.54) is 13.2 Å². The summed E-state index contributed by atoms with van der Waals surface area (Å²) in [7, 11) is 1.33. The van der Waals surface area contributed by atoms with E-state index in [-0.39, 0.29) is 18.4 Å². The Kier molecular flexibility index (Phi) is 3.00. The summed E-state index contributed by atoms with van der Waals surface area (Å²) in [6, 6.07) is -0.199. The summed E-state index contributed by atoms with van der Waals surface area (Å²) in [5.41, 5.74) is 0. The second-order valence-corrected chi connectivity index (χ2v) is 2.91. The number of esters is 1. The van der Waals surface area contributed by atoms with E-state index in [4.69, 9.17) is 0 Å². The Labute approximate surface area is 70.6 Å². The van der Waals surface area contributed by atoms with Gasteiger partial charge in [0.15, 0.2) is 0 Å². The quantitative estimate of drug-likeness (QED) is 0.353. The van der Waals surface area contributed by atoms with Gasteiger partial charge >= 0.3 is 5.97 Å². The van der Waals surface area contributed by atoms with Crippen LogP contribution in [0.25, 0.3) is 0 Å². The van der Waals surface area contributed by atoms with Crippen molar-refractivity contribution >= 4 is 12.0 Å². The van der Waals surface area contributed by atoms with Gasteiger partial charge in [0.2, 0.25) is 6.08 Å². The Bertz CT molecular complexity index is 216. The third-order valence-corrected chi connectivity index (χ3v) is 1.99. The highest BCUT2D eigenvalue weighted by Crippen LogP contribution is 2.35. The van der Waals surface area contributed by atoms with Crippen LogP contribution in [0.15, 0.2) is 4.99 Å². The molecule has 1 atom stereocenters. The highest BCUT2D eigenvalue weighted by molar-refractivity contribution is 5.70. The minimum absolute atomic E-state index is 0.199. The third kappa shape index (κ3) is 2.47. The summed E-state index contributed by atoms with van der Waals surface area (Å²) in [6.45, 7) is 0. The molecule has 0 N–H and O–H groups in total. The molecular weight excluding hydrogens is 158 g/mol. The molecule has 0 bridgehead atoms. The first-order valence-electron chi connectivity index (χ1n) is 3.91. The highest BCUT2D eigenvalue weighted by atomic mass is 16.5. The van der Waals surface area contributed by atoms with E-state index in [1.807, 2.05) is 0 Å². The van der Waals surface area contributed by atoms with Gasteiger partial charge in [-0.2, -0.15) is 0 Å². The Morgan fingerprint density at radius 2 is 2.42 bits per heavy atom. The smallest absolute Gasteiger partial charge is 0.307 e. The Hall–Kier alpha value is -1.15. The minimum Gasteiger partial charge on any atom is -0.469 e.